The van der Waals surface area contributed by atoms with Crippen molar-refractivity contribution < 1.29 is 5.11 Å². The monoisotopic (exact) mass is 143 g/mol. The molecule has 0 fully saturated rings. The van der Waals surface area contributed by atoms with Gasteiger partial charge in [-0.2, -0.15) is 0 Å². The fourth-order valence-electron chi connectivity index (χ4n) is 0.705. The van der Waals surface area contributed by atoms with Crippen molar-refractivity contribution in [2.45, 2.75) is 32.4 Å². The van der Waals surface area contributed by atoms with Crippen LogP contribution in [0.2, 0.25) is 0 Å². The first kappa shape index (κ1) is 9.66. The fourth-order valence-corrected chi connectivity index (χ4v) is 0.705. The molecule has 2 N–H and O–H groups in total. The van der Waals surface area contributed by atoms with Crippen LogP contribution in [-0.4, -0.2) is 23.8 Å². The van der Waals surface area contributed by atoms with Crippen LogP contribution in [0.5, 0.6) is 0 Å². The summed E-state index contributed by atoms with van der Waals surface area (Å²) in [6, 6.07) is 0.423. The van der Waals surface area contributed by atoms with Crippen molar-refractivity contribution in [3.8, 4) is 0 Å². The number of hydrogen-bond donors (Lipinski definition) is 2. The summed E-state index contributed by atoms with van der Waals surface area (Å²) in [5.74, 6) is 0. The van der Waals surface area contributed by atoms with Gasteiger partial charge in [-0.3, -0.25) is 0 Å². The molecule has 2 heteroatoms. The second-order valence-corrected chi connectivity index (χ2v) is 2.68. The predicted molar refractivity (Wildman–Crippen MR) is 44.0 cm³/mol. The highest BCUT2D eigenvalue weighted by molar-refractivity contribution is 4.74. The van der Waals surface area contributed by atoms with E-state index in [4.69, 9.17) is 5.11 Å². The molecule has 0 aromatic carbocycles. The molecule has 0 rings (SSSR count). The molecule has 2 atom stereocenters. The molecule has 2 unspecified atom stereocenters. The van der Waals surface area contributed by atoms with Crippen LogP contribution in [0.25, 0.3) is 0 Å². The van der Waals surface area contributed by atoms with Gasteiger partial charge in [0.25, 0.3) is 0 Å². The number of aliphatic hydroxyl groups excluding tert-OH is 1. The van der Waals surface area contributed by atoms with Crippen LogP contribution in [0.1, 0.15) is 20.3 Å². The molecule has 0 aromatic rings. The van der Waals surface area contributed by atoms with E-state index in [9.17, 15) is 0 Å². The molecule has 2 nitrogen and oxygen atoms in total. The lowest BCUT2D eigenvalue weighted by molar-refractivity contribution is 0.187. The van der Waals surface area contributed by atoms with E-state index >= 15 is 0 Å². The van der Waals surface area contributed by atoms with E-state index in [-0.39, 0.29) is 6.10 Å². The summed E-state index contributed by atoms with van der Waals surface area (Å²) in [7, 11) is 0. The summed E-state index contributed by atoms with van der Waals surface area (Å²) in [6.07, 6.45) is 2.57. The third-order valence-electron chi connectivity index (χ3n) is 1.28. The predicted octanol–water partition coefficient (Wildman–Crippen LogP) is 0.921. The van der Waals surface area contributed by atoms with Crippen molar-refractivity contribution in [2.24, 2.45) is 0 Å². The average molecular weight is 143 g/mol. The lowest BCUT2D eigenvalue weighted by atomic mass is 10.2. The molecule has 10 heavy (non-hydrogen) atoms. The van der Waals surface area contributed by atoms with Crippen LogP contribution in [0.4, 0.5) is 0 Å². The van der Waals surface area contributed by atoms with Gasteiger partial charge in [0.2, 0.25) is 0 Å². The highest BCUT2D eigenvalue weighted by Gasteiger charge is 1.99. The maximum atomic E-state index is 8.88. The maximum Gasteiger partial charge on any atom is 0.0636 e. The van der Waals surface area contributed by atoms with Crippen LogP contribution in [0.3, 0.4) is 0 Å². The molecule has 0 aliphatic heterocycles. The Morgan fingerprint density at radius 2 is 2.20 bits per heavy atom. The van der Waals surface area contributed by atoms with Gasteiger partial charge in [0.1, 0.15) is 0 Å². The first-order valence-corrected chi connectivity index (χ1v) is 3.69. The zero-order valence-electron chi connectivity index (χ0n) is 6.80. The van der Waals surface area contributed by atoms with Crippen molar-refractivity contribution in [2.75, 3.05) is 6.54 Å². The third-order valence-corrected chi connectivity index (χ3v) is 1.28. The van der Waals surface area contributed by atoms with Crippen LogP contribution < -0.4 is 5.32 Å². The van der Waals surface area contributed by atoms with E-state index in [2.05, 4.69) is 18.8 Å². The first-order chi connectivity index (χ1) is 4.66. The molecule has 0 saturated heterocycles. The third kappa shape index (κ3) is 5.79. The Balaban J connectivity index is 3.20. The van der Waals surface area contributed by atoms with Gasteiger partial charge in [0.05, 0.1) is 6.10 Å². The van der Waals surface area contributed by atoms with E-state index in [1.165, 1.54) is 0 Å². The lowest BCUT2D eigenvalue weighted by Crippen LogP contribution is -2.31. The fraction of sp³-hybridized carbons (Fsp3) is 0.750. The molecule has 60 valence electrons. The van der Waals surface area contributed by atoms with Gasteiger partial charge in [-0.25, -0.2) is 0 Å². The van der Waals surface area contributed by atoms with Gasteiger partial charge in [0.15, 0.2) is 0 Å². The molecule has 0 aliphatic carbocycles. The number of hydrogen-bond acceptors (Lipinski definition) is 2. The second kappa shape index (κ2) is 5.45. The molecule has 0 heterocycles. The summed E-state index contributed by atoms with van der Waals surface area (Å²) in [5.41, 5.74) is 0. The minimum atomic E-state index is -0.257. The molecule has 0 amide bonds. The summed E-state index contributed by atoms with van der Waals surface area (Å²) in [4.78, 5) is 0. The molecule has 0 spiro atoms. The Labute approximate surface area is 62.9 Å². The summed E-state index contributed by atoms with van der Waals surface area (Å²) >= 11 is 0. The molecule has 0 saturated carbocycles. The Morgan fingerprint density at radius 3 is 2.60 bits per heavy atom. The number of aliphatic hydroxyl groups is 1. The van der Waals surface area contributed by atoms with Crippen LogP contribution in [0, 0.1) is 0 Å². The van der Waals surface area contributed by atoms with E-state index in [1.807, 2.05) is 6.08 Å². The molecule has 0 aliphatic rings. The quantitative estimate of drug-likeness (QED) is 0.561. The van der Waals surface area contributed by atoms with E-state index in [0.717, 1.165) is 6.42 Å². The standard InChI is InChI=1S/C8H17NO/c1-4-5-7(2)9-6-8(3)10/h4,7-10H,1,5-6H2,2-3H3. The minimum Gasteiger partial charge on any atom is -0.392 e. The molecule has 0 bridgehead atoms. The highest BCUT2D eigenvalue weighted by atomic mass is 16.3. The van der Waals surface area contributed by atoms with E-state index < -0.39 is 0 Å². The molecule has 0 radical (unpaired) electrons. The molecular weight excluding hydrogens is 126 g/mol. The van der Waals surface area contributed by atoms with Gasteiger partial charge >= 0.3 is 0 Å². The smallest absolute Gasteiger partial charge is 0.0636 e. The zero-order chi connectivity index (χ0) is 7.98. The van der Waals surface area contributed by atoms with Crippen molar-refractivity contribution >= 4 is 0 Å². The maximum absolute atomic E-state index is 8.88. The Kier molecular flexibility index (Phi) is 5.26. The Hall–Kier alpha value is -0.340. The second-order valence-electron chi connectivity index (χ2n) is 2.68. The van der Waals surface area contributed by atoms with E-state index in [1.54, 1.807) is 6.92 Å². The summed E-state index contributed by atoms with van der Waals surface area (Å²) in [5, 5.41) is 12.0. The largest absolute Gasteiger partial charge is 0.392 e. The Bertz CT molecular complexity index is 91.3. The Morgan fingerprint density at radius 1 is 1.60 bits per heavy atom. The van der Waals surface area contributed by atoms with Gasteiger partial charge in [-0.15, -0.1) is 6.58 Å². The number of nitrogens with one attached hydrogen (secondary N) is 1. The van der Waals surface area contributed by atoms with Crippen LogP contribution in [-0.2, 0) is 0 Å². The first-order valence-electron chi connectivity index (χ1n) is 3.69. The van der Waals surface area contributed by atoms with Gasteiger partial charge < -0.3 is 10.4 Å². The molecular formula is C8H17NO. The highest BCUT2D eigenvalue weighted by Crippen LogP contribution is 1.90. The van der Waals surface area contributed by atoms with Crippen LogP contribution >= 0.6 is 0 Å². The summed E-state index contributed by atoms with van der Waals surface area (Å²) < 4.78 is 0. The average Bonchev–Trinajstić information content (AvgIpc) is 1.85. The van der Waals surface area contributed by atoms with Crippen molar-refractivity contribution in [1.29, 1.82) is 0 Å². The van der Waals surface area contributed by atoms with Gasteiger partial charge in [-0.1, -0.05) is 6.08 Å². The normalized spacial score (nSPS) is 16.3. The topological polar surface area (TPSA) is 32.3 Å². The molecule has 0 aromatic heterocycles. The number of rotatable bonds is 5. The minimum absolute atomic E-state index is 0.257. The van der Waals surface area contributed by atoms with Gasteiger partial charge in [0, 0.05) is 12.6 Å². The van der Waals surface area contributed by atoms with E-state index in [0.29, 0.717) is 12.6 Å². The zero-order valence-corrected chi connectivity index (χ0v) is 6.80. The SMILES string of the molecule is C=CCC(C)NCC(C)O. The van der Waals surface area contributed by atoms with Crippen molar-refractivity contribution in [3.05, 3.63) is 12.7 Å². The lowest BCUT2D eigenvalue weighted by Gasteiger charge is -2.12. The van der Waals surface area contributed by atoms with Crippen molar-refractivity contribution in [1.82, 2.24) is 5.32 Å². The van der Waals surface area contributed by atoms with Crippen LogP contribution in [0.15, 0.2) is 12.7 Å². The van der Waals surface area contributed by atoms with Gasteiger partial charge in [-0.05, 0) is 20.3 Å². The summed E-state index contributed by atoms with van der Waals surface area (Å²) in [6.45, 7) is 8.13. The van der Waals surface area contributed by atoms with Crippen molar-refractivity contribution in [3.63, 3.8) is 0 Å².